The van der Waals surface area contributed by atoms with Gasteiger partial charge in [-0.1, -0.05) is 19.8 Å². The monoisotopic (exact) mass is 274 g/mol. The molecule has 0 bridgehead atoms. The first-order chi connectivity index (χ1) is 4.85. The second kappa shape index (κ2) is 8.10. The van der Waals surface area contributed by atoms with Crippen LogP contribution in [0.3, 0.4) is 0 Å². The van der Waals surface area contributed by atoms with Gasteiger partial charge in [0.15, 0.2) is 0 Å². The van der Waals surface area contributed by atoms with E-state index in [0.717, 1.165) is 6.54 Å². The first-order valence-corrected chi connectivity index (χ1v) is 6.94. The van der Waals surface area contributed by atoms with Gasteiger partial charge in [0.05, 0.1) is 0 Å². The molecular weight excluding hydrogens is 259 g/mol. The molecule has 0 heterocycles. The number of rotatable bonds is 6. The quantitative estimate of drug-likeness (QED) is 0.575. The highest BCUT2D eigenvalue weighted by molar-refractivity contribution is 14.2. The smallest absolute Gasteiger partial charge is 0.0301 e. The van der Waals surface area contributed by atoms with E-state index >= 15 is 0 Å². The maximum Gasteiger partial charge on any atom is 0.0301 e. The molecule has 0 aliphatic carbocycles. The van der Waals surface area contributed by atoms with E-state index in [2.05, 4.69) is 32.9 Å². The van der Waals surface area contributed by atoms with Crippen molar-refractivity contribution in [1.29, 1.82) is 0 Å². The van der Waals surface area contributed by atoms with Crippen molar-refractivity contribution in [3.05, 3.63) is 0 Å². The van der Waals surface area contributed by atoms with Crippen LogP contribution >= 0.6 is 30.3 Å². The molecule has 0 aliphatic heterocycles. The van der Waals surface area contributed by atoms with Crippen LogP contribution < -0.4 is 10.5 Å². The third kappa shape index (κ3) is 5.76. The van der Waals surface area contributed by atoms with Gasteiger partial charge in [-0.15, -0.1) is 0 Å². The van der Waals surface area contributed by atoms with Crippen molar-refractivity contribution in [3.63, 3.8) is 0 Å². The Balaban J connectivity index is 3.21. The minimum Gasteiger partial charge on any atom is -0.329 e. The Morgan fingerprint density at radius 2 is 2.40 bits per heavy atom. The number of halogens is 1. The van der Waals surface area contributed by atoms with Crippen LogP contribution in [0.4, 0.5) is 0 Å². The molecule has 0 aromatic rings. The van der Waals surface area contributed by atoms with Crippen molar-refractivity contribution in [3.8, 4) is 0 Å². The Kier molecular flexibility index (Phi) is 8.91. The molecule has 3 N–H and O–H groups in total. The summed E-state index contributed by atoms with van der Waals surface area (Å²) in [6.07, 6.45) is 3.72. The Morgan fingerprint density at radius 3 is 2.80 bits per heavy atom. The van der Waals surface area contributed by atoms with E-state index in [1.165, 1.54) is 19.3 Å². The summed E-state index contributed by atoms with van der Waals surface area (Å²) in [6, 6.07) is 0.502. The van der Waals surface area contributed by atoms with Crippen molar-refractivity contribution in [1.82, 2.24) is 4.72 Å². The Morgan fingerprint density at radius 1 is 1.70 bits per heavy atom. The molecule has 0 rings (SSSR count). The van der Waals surface area contributed by atoms with Gasteiger partial charge in [0, 0.05) is 33.8 Å². The summed E-state index contributed by atoms with van der Waals surface area (Å²) in [7, 11) is 1.62. The zero-order valence-corrected chi connectivity index (χ0v) is 9.24. The lowest BCUT2D eigenvalue weighted by Gasteiger charge is -2.12. The Bertz CT molecular complexity index is 72.8. The largest absolute Gasteiger partial charge is 0.329 e. The van der Waals surface area contributed by atoms with E-state index in [4.69, 9.17) is 5.73 Å². The highest BCUT2D eigenvalue weighted by Crippen LogP contribution is 2.09. The van der Waals surface area contributed by atoms with Gasteiger partial charge in [-0.25, -0.2) is 0 Å². The third-order valence-corrected chi connectivity index (χ3v) is 2.59. The van der Waals surface area contributed by atoms with E-state index in [1.54, 1.807) is 9.12 Å². The molecule has 0 amide bonds. The fraction of sp³-hybridized carbons (Fsp3) is 1.00. The molecule has 0 saturated carbocycles. The van der Waals surface area contributed by atoms with Gasteiger partial charge in [-0.3, -0.25) is 4.72 Å². The molecule has 0 aromatic carbocycles. The second-order valence-electron chi connectivity index (χ2n) is 2.27. The molecule has 0 spiro atoms. The van der Waals surface area contributed by atoms with E-state index in [1.807, 2.05) is 0 Å². The lowest BCUT2D eigenvalue weighted by molar-refractivity contribution is 0.558. The van der Waals surface area contributed by atoms with Gasteiger partial charge >= 0.3 is 0 Å². The van der Waals surface area contributed by atoms with Gasteiger partial charge < -0.3 is 5.73 Å². The molecule has 2 nitrogen and oxygen atoms in total. The normalized spacial score (nSPS) is 13.5. The van der Waals surface area contributed by atoms with Crippen molar-refractivity contribution >= 4 is 30.3 Å². The Labute approximate surface area is 79.4 Å². The van der Waals surface area contributed by atoms with Crippen LogP contribution in [0.1, 0.15) is 26.2 Å². The van der Waals surface area contributed by atoms with Crippen LogP contribution in [0, 0.1) is 0 Å². The summed E-state index contributed by atoms with van der Waals surface area (Å²) >= 11 is 2.23. The van der Waals surface area contributed by atoms with Crippen molar-refractivity contribution in [2.45, 2.75) is 32.2 Å². The van der Waals surface area contributed by atoms with E-state index < -0.39 is 0 Å². The summed E-state index contributed by atoms with van der Waals surface area (Å²) in [4.78, 5) is 0. The predicted octanol–water partition coefficient (Wildman–Crippen LogP) is 2.09. The highest BCUT2D eigenvalue weighted by atomic mass is 127. The summed E-state index contributed by atoms with van der Waals surface area (Å²) < 4.78 is 3.25. The second-order valence-corrected chi connectivity index (χ2v) is 3.98. The summed E-state index contributed by atoms with van der Waals surface area (Å²) in [6.45, 7) is 2.95. The standard InChI is InChI=1S/C6H15IN2S/c1-2-3-4-6(5-8)9-10-7/h6,9H,2-5,8H2,1H3. The fourth-order valence-corrected chi connectivity index (χ4v) is 2.16. The lowest BCUT2D eigenvalue weighted by atomic mass is 10.1. The van der Waals surface area contributed by atoms with Gasteiger partial charge in [0.2, 0.25) is 0 Å². The molecule has 1 unspecified atom stereocenters. The molecule has 4 heteroatoms. The minimum atomic E-state index is 0.502. The van der Waals surface area contributed by atoms with Crippen LogP contribution in [0.5, 0.6) is 0 Å². The SMILES string of the molecule is CCCCC(CN)NSI. The molecule has 0 aromatic heterocycles. The van der Waals surface area contributed by atoms with E-state index in [0.29, 0.717) is 6.04 Å². The molecule has 0 fully saturated rings. The molecule has 0 saturated heterocycles. The molecule has 0 radical (unpaired) electrons. The average Bonchev–Trinajstić information content (AvgIpc) is 1.98. The van der Waals surface area contributed by atoms with Gasteiger partial charge in [-0.05, 0) is 15.5 Å². The maximum absolute atomic E-state index is 5.52. The van der Waals surface area contributed by atoms with Gasteiger partial charge in [0.25, 0.3) is 0 Å². The zero-order valence-electron chi connectivity index (χ0n) is 6.27. The van der Waals surface area contributed by atoms with Crippen LogP contribution in [0.25, 0.3) is 0 Å². The van der Waals surface area contributed by atoms with Crippen LogP contribution in [0.15, 0.2) is 0 Å². The molecule has 0 aliphatic rings. The molecular formula is C6H15IN2S. The fourth-order valence-electron chi connectivity index (χ4n) is 0.738. The molecule has 10 heavy (non-hydrogen) atoms. The molecule has 62 valence electrons. The van der Waals surface area contributed by atoms with Gasteiger partial charge in [-0.2, -0.15) is 0 Å². The van der Waals surface area contributed by atoms with Gasteiger partial charge in [0.1, 0.15) is 0 Å². The predicted molar refractivity (Wildman–Crippen MR) is 57.1 cm³/mol. The Hall–Kier alpha value is 1.00. The number of hydrogen-bond donors (Lipinski definition) is 2. The third-order valence-electron chi connectivity index (χ3n) is 1.40. The highest BCUT2D eigenvalue weighted by Gasteiger charge is 2.02. The topological polar surface area (TPSA) is 38.0 Å². The minimum absolute atomic E-state index is 0.502. The summed E-state index contributed by atoms with van der Waals surface area (Å²) in [5, 5.41) is 0. The van der Waals surface area contributed by atoms with Crippen LogP contribution in [-0.4, -0.2) is 12.6 Å². The van der Waals surface area contributed by atoms with Crippen molar-refractivity contribution < 1.29 is 0 Å². The van der Waals surface area contributed by atoms with Crippen molar-refractivity contribution in [2.75, 3.05) is 6.54 Å². The lowest BCUT2D eigenvalue weighted by Crippen LogP contribution is -2.30. The van der Waals surface area contributed by atoms with Crippen LogP contribution in [0.2, 0.25) is 0 Å². The first-order valence-electron chi connectivity index (χ1n) is 3.58. The van der Waals surface area contributed by atoms with E-state index in [-0.39, 0.29) is 0 Å². The van der Waals surface area contributed by atoms with E-state index in [9.17, 15) is 0 Å². The summed E-state index contributed by atoms with van der Waals surface area (Å²) in [5.74, 6) is 0. The number of nitrogens with two attached hydrogens (primary N) is 1. The first kappa shape index (κ1) is 11.0. The number of unbranched alkanes of at least 4 members (excludes halogenated alkanes) is 1. The average molecular weight is 274 g/mol. The number of hydrogen-bond acceptors (Lipinski definition) is 3. The van der Waals surface area contributed by atoms with Crippen molar-refractivity contribution in [2.24, 2.45) is 5.73 Å². The number of nitrogens with one attached hydrogen (secondary N) is 1. The molecule has 1 atom stereocenters. The zero-order chi connectivity index (χ0) is 7.82. The maximum atomic E-state index is 5.52. The van der Waals surface area contributed by atoms with Crippen LogP contribution in [-0.2, 0) is 0 Å². The summed E-state index contributed by atoms with van der Waals surface area (Å²) in [5.41, 5.74) is 5.52.